The largest absolute Gasteiger partial charge is 0.480 e. The summed E-state index contributed by atoms with van der Waals surface area (Å²) >= 11 is 0. The molecule has 0 bridgehead atoms. The lowest BCUT2D eigenvalue weighted by molar-refractivity contribution is -0.161. The molecule has 0 aliphatic rings. The number of rotatable bonds is 38. The van der Waals surface area contributed by atoms with E-state index in [1.165, 1.54) is 30.4 Å². The second kappa shape index (κ2) is 31.8. The molecule has 2 heterocycles. The van der Waals surface area contributed by atoms with E-state index in [9.17, 15) is 23.8 Å². The molecular formula is C46H78NO12P. The molecule has 0 radical (unpaired) electrons. The summed E-state index contributed by atoms with van der Waals surface area (Å²) in [5.41, 5.74) is 7.85. The summed E-state index contributed by atoms with van der Waals surface area (Å²) in [6.45, 7) is 6.88. The van der Waals surface area contributed by atoms with Crippen molar-refractivity contribution in [3.63, 3.8) is 0 Å². The molecule has 0 aliphatic heterocycles. The highest BCUT2D eigenvalue weighted by molar-refractivity contribution is 7.47. The topological polar surface area (TPSA) is 198 Å². The number of hydrogen-bond donors (Lipinski definition) is 3. The first kappa shape index (κ1) is 53.2. The van der Waals surface area contributed by atoms with Crippen LogP contribution < -0.4 is 5.73 Å². The van der Waals surface area contributed by atoms with Crippen LogP contribution in [0.1, 0.15) is 189 Å². The molecular weight excluding hydrogens is 789 g/mol. The Labute approximate surface area is 359 Å². The van der Waals surface area contributed by atoms with E-state index in [0.717, 1.165) is 145 Å². The first-order valence-electron chi connectivity index (χ1n) is 22.9. The Morgan fingerprint density at radius 2 is 1.07 bits per heavy atom. The van der Waals surface area contributed by atoms with Gasteiger partial charge in [0.15, 0.2) is 6.10 Å². The van der Waals surface area contributed by atoms with Crippen molar-refractivity contribution in [2.45, 2.75) is 207 Å². The number of phosphoric acid groups is 1. The lowest BCUT2D eigenvalue weighted by atomic mass is 10.1. The zero-order valence-electron chi connectivity index (χ0n) is 37.3. The normalized spacial score (nSPS) is 13.6. The Morgan fingerprint density at radius 3 is 1.57 bits per heavy atom. The smallest absolute Gasteiger partial charge is 0.472 e. The van der Waals surface area contributed by atoms with Crippen molar-refractivity contribution in [2.75, 3.05) is 19.8 Å². The molecule has 14 heteroatoms. The van der Waals surface area contributed by atoms with Gasteiger partial charge in [0.2, 0.25) is 0 Å². The minimum absolute atomic E-state index is 0.137. The number of esters is 2. The molecule has 3 unspecified atom stereocenters. The van der Waals surface area contributed by atoms with E-state index in [2.05, 4.69) is 44.4 Å². The SMILES string of the molecule is CCCCCc1cc(C)c(CCCCCCCCCCC(=O)OC(COC(=O)CCCCCCCCCCc2oc(CCC)cc2C)COP(=O)(O)OCC(N)C(=O)O)o1. The molecule has 344 valence electrons. The van der Waals surface area contributed by atoms with Gasteiger partial charge >= 0.3 is 25.7 Å². The van der Waals surface area contributed by atoms with Crippen LogP contribution in [-0.4, -0.2) is 59.9 Å². The average molecular weight is 868 g/mol. The summed E-state index contributed by atoms with van der Waals surface area (Å²) < 4.78 is 44.9. The zero-order valence-corrected chi connectivity index (χ0v) is 38.2. The first-order valence-corrected chi connectivity index (χ1v) is 24.4. The number of aliphatic carboxylic acids is 1. The third-order valence-electron chi connectivity index (χ3n) is 10.6. The molecule has 0 fully saturated rings. The lowest BCUT2D eigenvalue weighted by Gasteiger charge is -2.20. The number of phosphoric ester groups is 1. The summed E-state index contributed by atoms with van der Waals surface area (Å²) in [4.78, 5) is 46.2. The van der Waals surface area contributed by atoms with Crippen LogP contribution in [0.15, 0.2) is 21.0 Å². The summed E-state index contributed by atoms with van der Waals surface area (Å²) in [5, 5.41) is 8.92. The van der Waals surface area contributed by atoms with Crippen molar-refractivity contribution in [2.24, 2.45) is 5.73 Å². The number of hydrogen-bond acceptors (Lipinski definition) is 11. The lowest BCUT2D eigenvalue weighted by Crippen LogP contribution is -2.34. The summed E-state index contributed by atoms with van der Waals surface area (Å²) in [7, 11) is -4.74. The van der Waals surface area contributed by atoms with Crippen LogP contribution in [0.25, 0.3) is 0 Å². The van der Waals surface area contributed by atoms with Gasteiger partial charge in [0.1, 0.15) is 35.7 Å². The quantitative estimate of drug-likeness (QED) is 0.0328. The molecule has 2 rings (SSSR count). The van der Waals surface area contributed by atoms with Crippen LogP contribution in [0.4, 0.5) is 0 Å². The van der Waals surface area contributed by atoms with E-state index >= 15 is 0 Å². The molecule has 2 aromatic rings. The molecule has 0 saturated heterocycles. The van der Waals surface area contributed by atoms with Gasteiger partial charge in [-0.3, -0.25) is 23.4 Å². The predicted molar refractivity (Wildman–Crippen MR) is 233 cm³/mol. The number of unbranched alkanes of at least 4 members (excludes halogenated alkanes) is 16. The van der Waals surface area contributed by atoms with E-state index in [0.29, 0.717) is 12.8 Å². The van der Waals surface area contributed by atoms with Gasteiger partial charge in [0.25, 0.3) is 0 Å². The van der Waals surface area contributed by atoms with Crippen molar-refractivity contribution >= 4 is 25.7 Å². The Morgan fingerprint density at radius 1 is 0.617 bits per heavy atom. The standard InChI is InChI=1S/C46H78NO12P/c1-5-7-20-26-39-32-37(4)43(58-39)28-22-17-13-9-11-15-19-24-30-45(49)59-40(34-55-60(52,53)56-35-41(47)46(50)51)33-54-44(48)29-23-18-14-10-8-12-16-21-27-42-36(3)31-38(57-42)25-6-2/h31-32,40-41H,5-30,33-35,47H2,1-4H3,(H,50,51)(H,52,53). The fourth-order valence-corrected chi connectivity index (χ4v) is 7.81. The Hall–Kier alpha value is -2.96. The molecule has 13 nitrogen and oxygen atoms in total. The second-order valence-electron chi connectivity index (χ2n) is 16.3. The van der Waals surface area contributed by atoms with Crippen molar-refractivity contribution in [3.05, 3.63) is 46.3 Å². The van der Waals surface area contributed by atoms with E-state index < -0.39 is 51.1 Å². The summed E-state index contributed by atoms with van der Waals surface area (Å²) in [5.74, 6) is 2.00. The molecule has 4 N–H and O–H groups in total. The molecule has 0 aliphatic carbocycles. The van der Waals surface area contributed by atoms with Crippen LogP contribution in [0.2, 0.25) is 0 Å². The van der Waals surface area contributed by atoms with Gasteiger partial charge in [0, 0.05) is 38.5 Å². The molecule has 0 aromatic carbocycles. The second-order valence-corrected chi connectivity index (χ2v) is 17.8. The van der Waals surface area contributed by atoms with E-state index in [-0.39, 0.29) is 19.4 Å². The van der Waals surface area contributed by atoms with Crippen molar-refractivity contribution in [1.82, 2.24) is 0 Å². The molecule has 0 spiro atoms. The van der Waals surface area contributed by atoms with E-state index in [1.54, 1.807) is 0 Å². The van der Waals surface area contributed by atoms with Crippen LogP contribution >= 0.6 is 7.82 Å². The highest BCUT2D eigenvalue weighted by Crippen LogP contribution is 2.43. The molecule has 0 saturated carbocycles. The third-order valence-corrected chi connectivity index (χ3v) is 11.6. The van der Waals surface area contributed by atoms with Gasteiger partial charge in [-0.1, -0.05) is 104 Å². The van der Waals surface area contributed by atoms with Crippen LogP contribution in [0.5, 0.6) is 0 Å². The first-order chi connectivity index (χ1) is 28.8. The minimum Gasteiger partial charge on any atom is -0.480 e. The summed E-state index contributed by atoms with van der Waals surface area (Å²) in [6.07, 6.45) is 24.1. The Kier molecular flexibility index (Phi) is 28.2. The van der Waals surface area contributed by atoms with Gasteiger partial charge in [-0.15, -0.1) is 0 Å². The van der Waals surface area contributed by atoms with Gasteiger partial charge < -0.3 is 34.0 Å². The Bertz CT molecular complexity index is 1520. The van der Waals surface area contributed by atoms with Gasteiger partial charge in [-0.25, -0.2) is 4.57 Å². The van der Waals surface area contributed by atoms with Crippen LogP contribution in [0.3, 0.4) is 0 Å². The van der Waals surface area contributed by atoms with Gasteiger partial charge in [-0.05, 0) is 75.6 Å². The van der Waals surface area contributed by atoms with Crippen molar-refractivity contribution < 1.29 is 56.3 Å². The predicted octanol–water partition coefficient (Wildman–Crippen LogP) is 11.0. The highest BCUT2D eigenvalue weighted by atomic mass is 31.2. The molecule has 60 heavy (non-hydrogen) atoms. The highest BCUT2D eigenvalue weighted by Gasteiger charge is 2.28. The van der Waals surface area contributed by atoms with Crippen LogP contribution in [0, 0.1) is 13.8 Å². The molecule has 3 atom stereocenters. The number of carboxylic acid groups (broad SMARTS) is 1. The maximum absolute atomic E-state index is 12.7. The number of carbonyl (C=O) groups excluding carboxylic acids is 2. The zero-order chi connectivity index (χ0) is 44.0. The van der Waals surface area contributed by atoms with E-state index in [4.69, 9.17) is 33.7 Å². The van der Waals surface area contributed by atoms with Gasteiger partial charge in [-0.2, -0.15) is 0 Å². The molecule has 2 aromatic heterocycles. The van der Waals surface area contributed by atoms with Crippen molar-refractivity contribution in [1.29, 1.82) is 0 Å². The van der Waals surface area contributed by atoms with E-state index in [1.807, 2.05) is 0 Å². The number of furan rings is 2. The van der Waals surface area contributed by atoms with Gasteiger partial charge in [0.05, 0.1) is 13.2 Å². The minimum atomic E-state index is -4.74. The number of carbonyl (C=O) groups is 3. The maximum Gasteiger partial charge on any atom is 0.472 e. The third kappa shape index (κ3) is 25.1. The van der Waals surface area contributed by atoms with Crippen LogP contribution in [-0.2, 0) is 63.2 Å². The number of carboxylic acids is 1. The monoisotopic (exact) mass is 868 g/mol. The number of aryl methyl sites for hydroxylation is 6. The summed E-state index contributed by atoms with van der Waals surface area (Å²) in [6, 6.07) is 2.82. The number of nitrogens with two attached hydrogens (primary N) is 1. The fourth-order valence-electron chi connectivity index (χ4n) is 7.03. The molecule has 0 amide bonds. The fraction of sp³-hybridized carbons (Fsp3) is 0.761. The van der Waals surface area contributed by atoms with Crippen molar-refractivity contribution in [3.8, 4) is 0 Å². The maximum atomic E-state index is 12.7. The average Bonchev–Trinajstić information content (AvgIpc) is 3.75. The number of ether oxygens (including phenoxy) is 2. The Balaban J connectivity index is 1.62.